The van der Waals surface area contributed by atoms with Crippen LogP contribution in [0.4, 0.5) is 10.1 Å². The van der Waals surface area contributed by atoms with Gasteiger partial charge in [-0.05, 0) is 36.4 Å². The van der Waals surface area contributed by atoms with Crippen molar-refractivity contribution in [1.29, 1.82) is 0 Å². The van der Waals surface area contributed by atoms with E-state index >= 15 is 0 Å². The molecule has 0 aliphatic rings. The fraction of sp³-hybridized carbons (Fsp3) is 0.150. The highest BCUT2D eigenvalue weighted by atomic mass is 32.1. The van der Waals surface area contributed by atoms with Crippen LogP contribution in [0.5, 0.6) is 5.75 Å². The number of amides is 1. The number of ether oxygens (including phenoxy) is 1. The molecule has 2 aromatic carbocycles. The zero-order valence-corrected chi connectivity index (χ0v) is 16.6. The lowest BCUT2D eigenvalue weighted by Gasteiger charge is -2.04. The van der Waals surface area contributed by atoms with E-state index in [4.69, 9.17) is 4.74 Å². The van der Waals surface area contributed by atoms with Crippen molar-refractivity contribution < 1.29 is 13.9 Å². The lowest BCUT2D eigenvalue weighted by molar-refractivity contribution is -0.116. The second-order valence-electron chi connectivity index (χ2n) is 6.30. The molecule has 0 unspecified atom stereocenters. The van der Waals surface area contributed by atoms with Gasteiger partial charge in [-0.15, -0.1) is 10.2 Å². The molecule has 0 bridgehead atoms. The highest BCUT2D eigenvalue weighted by Gasteiger charge is 2.15. The average Bonchev–Trinajstić information content (AvgIpc) is 3.19. The molecule has 2 heterocycles. The third-order valence-corrected chi connectivity index (χ3v) is 5.27. The van der Waals surface area contributed by atoms with Gasteiger partial charge in [0.1, 0.15) is 16.6 Å². The average molecular weight is 425 g/mol. The largest absolute Gasteiger partial charge is 0.497 e. The molecule has 0 radical (unpaired) electrons. The number of aromatic nitrogens is 4. The van der Waals surface area contributed by atoms with Crippen molar-refractivity contribution in [2.75, 3.05) is 12.4 Å². The number of hydrogen-bond donors (Lipinski definition) is 1. The summed E-state index contributed by atoms with van der Waals surface area (Å²) in [6.45, 7) is 0. The molecule has 0 aliphatic heterocycles. The third kappa shape index (κ3) is 4.03. The normalized spacial score (nSPS) is 10.9. The summed E-state index contributed by atoms with van der Waals surface area (Å²) in [5, 5.41) is 15.5. The molecule has 0 spiro atoms. The molecule has 1 amide bonds. The van der Waals surface area contributed by atoms with Crippen LogP contribution in [0.3, 0.4) is 0 Å². The van der Waals surface area contributed by atoms with Crippen LogP contribution in [0.25, 0.3) is 16.2 Å². The number of halogens is 1. The van der Waals surface area contributed by atoms with Gasteiger partial charge >= 0.3 is 5.56 Å². The molecule has 1 N–H and O–H groups in total. The molecule has 152 valence electrons. The number of benzene rings is 2. The molecular formula is C20H16FN5O3S. The molecular weight excluding hydrogens is 409 g/mol. The van der Waals surface area contributed by atoms with Gasteiger partial charge in [-0.25, -0.2) is 4.39 Å². The summed E-state index contributed by atoms with van der Waals surface area (Å²) >= 11 is 1.18. The summed E-state index contributed by atoms with van der Waals surface area (Å²) in [7, 11) is 1.56. The van der Waals surface area contributed by atoms with Crippen LogP contribution in [-0.4, -0.2) is 32.8 Å². The van der Waals surface area contributed by atoms with Crippen LogP contribution in [0.15, 0.2) is 53.3 Å². The highest BCUT2D eigenvalue weighted by molar-refractivity contribution is 7.16. The number of methoxy groups -OCH3 is 1. The number of anilines is 1. The monoisotopic (exact) mass is 425 g/mol. The van der Waals surface area contributed by atoms with E-state index in [-0.39, 0.29) is 30.1 Å². The first-order valence-electron chi connectivity index (χ1n) is 8.99. The summed E-state index contributed by atoms with van der Waals surface area (Å²) in [4.78, 5) is 25.2. The predicted molar refractivity (Wildman–Crippen MR) is 110 cm³/mol. The fourth-order valence-corrected chi connectivity index (χ4v) is 3.61. The molecule has 0 saturated carbocycles. The predicted octanol–water partition coefficient (Wildman–Crippen LogP) is 2.93. The summed E-state index contributed by atoms with van der Waals surface area (Å²) in [6.07, 6.45) is 0.368. The zero-order chi connectivity index (χ0) is 21.1. The van der Waals surface area contributed by atoms with E-state index in [2.05, 4.69) is 20.6 Å². The number of nitrogens with one attached hydrogen (secondary N) is 1. The summed E-state index contributed by atoms with van der Waals surface area (Å²) in [5.74, 6) is -0.187. The summed E-state index contributed by atoms with van der Waals surface area (Å²) < 4.78 is 19.9. The lowest BCUT2D eigenvalue weighted by Crippen LogP contribution is -2.19. The minimum Gasteiger partial charge on any atom is -0.497 e. The number of hydrogen-bond acceptors (Lipinski definition) is 7. The number of carbonyl (C=O) groups is 1. The smallest absolute Gasteiger partial charge is 0.302 e. The van der Waals surface area contributed by atoms with E-state index < -0.39 is 11.4 Å². The Labute approximate surface area is 174 Å². The number of rotatable bonds is 6. The van der Waals surface area contributed by atoms with Gasteiger partial charge in [-0.3, -0.25) is 9.59 Å². The van der Waals surface area contributed by atoms with Crippen molar-refractivity contribution >= 4 is 27.9 Å². The van der Waals surface area contributed by atoms with Gasteiger partial charge in [-0.2, -0.15) is 9.61 Å². The van der Waals surface area contributed by atoms with Crippen molar-refractivity contribution in [3.63, 3.8) is 0 Å². The maximum absolute atomic E-state index is 13.6. The minimum absolute atomic E-state index is 0.0850. The number of aryl methyl sites for hydroxylation is 1. The van der Waals surface area contributed by atoms with Gasteiger partial charge in [0.05, 0.1) is 12.8 Å². The van der Waals surface area contributed by atoms with Crippen LogP contribution in [0, 0.1) is 5.82 Å². The second kappa shape index (κ2) is 8.37. The van der Waals surface area contributed by atoms with Gasteiger partial charge in [0, 0.05) is 18.4 Å². The van der Waals surface area contributed by atoms with E-state index in [9.17, 15) is 14.0 Å². The molecule has 4 rings (SSSR count). The van der Waals surface area contributed by atoms with Gasteiger partial charge in [0.25, 0.3) is 0 Å². The second-order valence-corrected chi connectivity index (χ2v) is 7.34. The van der Waals surface area contributed by atoms with Gasteiger partial charge in [-0.1, -0.05) is 23.5 Å². The highest BCUT2D eigenvalue weighted by Crippen LogP contribution is 2.19. The van der Waals surface area contributed by atoms with E-state index in [1.165, 1.54) is 28.0 Å². The van der Waals surface area contributed by atoms with Crippen molar-refractivity contribution in [3.05, 3.63) is 69.7 Å². The van der Waals surface area contributed by atoms with E-state index in [1.54, 1.807) is 43.5 Å². The molecule has 0 saturated heterocycles. The van der Waals surface area contributed by atoms with Crippen LogP contribution in [-0.2, 0) is 11.2 Å². The van der Waals surface area contributed by atoms with Crippen LogP contribution in [0.1, 0.15) is 11.4 Å². The first-order valence-corrected chi connectivity index (χ1v) is 9.81. The minimum atomic E-state index is -0.501. The van der Waals surface area contributed by atoms with E-state index in [0.717, 1.165) is 0 Å². The maximum Gasteiger partial charge on any atom is 0.302 e. The molecule has 0 aliphatic carbocycles. The Kier molecular flexibility index (Phi) is 5.48. The van der Waals surface area contributed by atoms with Crippen LogP contribution >= 0.6 is 11.3 Å². The fourth-order valence-electron chi connectivity index (χ4n) is 2.78. The number of para-hydroxylation sites is 1. The van der Waals surface area contributed by atoms with Gasteiger partial charge in [0.15, 0.2) is 5.69 Å². The standard InChI is InChI=1S/C20H16FN5O3S/c1-29-13-8-6-12(7-9-13)18-19(28)26-20(24-23-18)30-17(25-26)11-10-16(27)22-15-5-3-2-4-14(15)21/h2-9H,10-11H2,1H3,(H,22,27). The molecule has 8 nitrogen and oxygen atoms in total. The Hall–Kier alpha value is -3.66. The first kappa shape index (κ1) is 19.6. The van der Waals surface area contributed by atoms with Crippen LogP contribution in [0.2, 0.25) is 0 Å². The molecule has 10 heteroatoms. The summed E-state index contributed by atoms with van der Waals surface area (Å²) in [6, 6.07) is 12.8. The Balaban J connectivity index is 1.50. The number of fused-ring (bicyclic) bond motifs is 1. The van der Waals surface area contributed by atoms with E-state index in [0.29, 0.717) is 21.3 Å². The maximum atomic E-state index is 13.6. The van der Waals surface area contributed by atoms with Crippen molar-refractivity contribution in [2.45, 2.75) is 12.8 Å². The third-order valence-electron chi connectivity index (χ3n) is 4.31. The van der Waals surface area contributed by atoms with E-state index in [1.807, 2.05) is 0 Å². The SMILES string of the molecule is COc1ccc(-c2nnc3sc(CCC(=O)Nc4ccccc4F)nn3c2=O)cc1. The molecule has 30 heavy (non-hydrogen) atoms. The van der Waals surface area contributed by atoms with Gasteiger partial charge < -0.3 is 10.1 Å². The molecule has 0 fully saturated rings. The Morgan fingerprint density at radius 1 is 1.17 bits per heavy atom. The lowest BCUT2D eigenvalue weighted by atomic mass is 10.1. The Morgan fingerprint density at radius 2 is 1.93 bits per heavy atom. The van der Waals surface area contributed by atoms with Gasteiger partial charge in [0.2, 0.25) is 10.9 Å². The topological polar surface area (TPSA) is 98.5 Å². The summed E-state index contributed by atoms with van der Waals surface area (Å²) in [5.41, 5.74) is 0.493. The number of carbonyl (C=O) groups excluding carboxylic acids is 1. The Bertz CT molecular complexity index is 1270. The Morgan fingerprint density at radius 3 is 2.67 bits per heavy atom. The van der Waals surface area contributed by atoms with Crippen LogP contribution < -0.4 is 15.6 Å². The molecule has 0 atom stereocenters. The van der Waals surface area contributed by atoms with Crippen molar-refractivity contribution in [1.82, 2.24) is 19.8 Å². The van der Waals surface area contributed by atoms with Crippen molar-refractivity contribution in [3.8, 4) is 17.0 Å². The quantitative estimate of drug-likeness (QED) is 0.510. The number of nitrogens with zero attached hydrogens (tertiary/aromatic N) is 4. The first-order chi connectivity index (χ1) is 14.5. The zero-order valence-electron chi connectivity index (χ0n) is 15.8. The van der Waals surface area contributed by atoms with Crippen molar-refractivity contribution in [2.24, 2.45) is 0 Å². The molecule has 4 aromatic rings. The molecule has 2 aromatic heterocycles.